The van der Waals surface area contributed by atoms with Gasteiger partial charge in [0, 0.05) is 29.7 Å². The Bertz CT molecular complexity index is 454. The fourth-order valence-electron chi connectivity index (χ4n) is 2.50. The fraction of sp³-hybridized carbons (Fsp3) is 0.600. The second-order valence-electron chi connectivity index (χ2n) is 5.11. The molecular formula is C15H23BrN2O2. The molecule has 0 aromatic heterocycles. The number of aryl methyl sites for hydroxylation is 1. The number of likely N-dealkylation sites (N-methyl/N-ethyl adjacent to an activating group) is 1. The number of hydrogen-bond acceptors (Lipinski definition) is 4. The van der Waals surface area contributed by atoms with Crippen molar-refractivity contribution >= 4 is 15.9 Å². The Labute approximate surface area is 129 Å². The first-order valence-electron chi connectivity index (χ1n) is 7.09. The Kier molecular flexibility index (Phi) is 5.84. The first-order valence-corrected chi connectivity index (χ1v) is 7.89. The summed E-state index contributed by atoms with van der Waals surface area (Å²) in [4.78, 5) is 2.38. The smallest absolute Gasteiger partial charge is 0.126 e. The van der Waals surface area contributed by atoms with Gasteiger partial charge in [0.2, 0.25) is 0 Å². The summed E-state index contributed by atoms with van der Waals surface area (Å²) in [5, 5.41) is 0. The molecule has 2 rings (SSSR count). The fourth-order valence-corrected chi connectivity index (χ4v) is 3.12. The lowest BCUT2D eigenvalue weighted by Gasteiger charge is -2.32. The Hall–Kier alpha value is -0.620. The average molecular weight is 343 g/mol. The van der Waals surface area contributed by atoms with Gasteiger partial charge in [0.05, 0.1) is 6.61 Å². The first kappa shape index (κ1) is 15.8. The summed E-state index contributed by atoms with van der Waals surface area (Å²) >= 11 is 3.49. The molecule has 0 aliphatic carbocycles. The molecule has 1 aromatic carbocycles. The molecule has 5 heteroatoms. The molecule has 1 saturated heterocycles. The van der Waals surface area contributed by atoms with E-state index < -0.39 is 0 Å². The molecule has 1 aliphatic rings. The summed E-state index contributed by atoms with van der Waals surface area (Å²) in [5.41, 5.74) is 7.93. The van der Waals surface area contributed by atoms with Gasteiger partial charge < -0.3 is 15.2 Å². The normalized spacial score (nSPS) is 20.1. The second kappa shape index (κ2) is 7.41. The van der Waals surface area contributed by atoms with Gasteiger partial charge in [-0.2, -0.15) is 0 Å². The summed E-state index contributed by atoms with van der Waals surface area (Å²) in [5.74, 6) is 0.896. The van der Waals surface area contributed by atoms with Crippen LogP contribution in [0.4, 0.5) is 0 Å². The highest BCUT2D eigenvalue weighted by Crippen LogP contribution is 2.28. The van der Waals surface area contributed by atoms with E-state index in [1.54, 1.807) is 0 Å². The molecule has 20 heavy (non-hydrogen) atoms. The number of morpholine rings is 1. The van der Waals surface area contributed by atoms with Crippen molar-refractivity contribution < 1.29 is 9.47 Å². The van der Waals surface area contributed by atoms with Crippen molar-refractivity contribution in [3.05, 3.63) is 27.7 Å². The van der Waals surface area contributed by atoms with Crippen LogP contribution in [-0.2, 0) is 11.3 Å². The van der Waals surface area contributed by atoms with Crippen LogP contribution in [0.2, 0.25) is 0 Å². The SMILES string of the molecule is CCN1CCOC(COc2c(C)cc(Br)cc2CN)C1. The largest absolute Gasteiger partial charge is 0.490 e. The van der Waals surface area contributed by atoms with Gasteiger partial charge in [-0.05, 0) is 31.2 Å². The number of benzene rings is 1. The molecular weight excluding hydrogens is 320 g/mol. The zero-order chi connectivity index (χ0) is 14.5. The zero-order valence-electron chi connectivity index (χ0n) is 12.2. The molecule has 1 aromatic rings. The standard InChI is InChI=1S/C15H23BrN2O2/c1-3-18-4-5-19-14(9-18)10-20-15-11(2)6-13(16)7-12(15)8-17/h6-7,14H,3-5,8-10,17H2,1-2H3. The highest BCUT2D eigenvalue weighted by Gasteiger charge is 2.20. The van der Waals surface area contributed by atoms with E-state index in [9.17, 15) is 0 Å². The lowest BCUT2D eigenvalue weighted by atomic mass is 10.1. The van der Waals surface area contributed by atoms with E-state index in [0.29, 0.717) is 13.2 Å². The van der Waals surface area contributed by atoms with Crippen LogP contribution in [0.25, 0.3) is 0 Å². The minimum absolute atomic E-state index is 0.136. The molecule has 0 saturated carbocycles. The van der Waals surface area contributed by atoms with E-state index in [-0.39, 0.29) is 6.10 Å². The molecule has 1 fully saturated rings. The quantitative estimate of drug-likeness (QED) is 0.891. The molecule has 1 unspecified atom stereocenters. The van der Waals surface area contributed by atoms with Crippen molar-refractivity contribution in [2.75, 3.05) is 32.8 Å². The van der Waals surface area contributed by atoms with Gasteiger partial charge in [-0.1, -0.05) is 22.9 Å². The number of ether oxygens (including phenoxy) is 2. The maximum absolute atomic E-state index is 5.99. The van der Waals surface area contributed by atoms with Gasteiger partial charge in [0.25, 0.3) is 0 Å². The first-order chi connectivity index (χ1) is 9.63. The van der Waals surface area contributed by atoms with Crippen LogP contribution in [0.1, 0.15) is 18.1 Å². The Balaban J connectivity index is 2.00. The number of nitrogens with two attached hydrogens (primary N) is 1. The lowest BCUT2D eigenvalue weighted by Crippen LogP contribution is -2.44. The summed E-state index contributed by atoms with van der Waals surface area (Å²) < 4.78 is 12.8. The van der Waals surface area contributed by atoms with Crippen LogP contribution in [0, 0.1) is 6.92 Å². The molecule has 1 aliphatic heterocycles. The van der Waals surface area contributed by atoms with Gasteiger partial charge in [-0.3, -0.25) is 4.90 Å². The van der Waals surface area contributed by atoms with E-state index in [4.69, 9.17) is 15.2 Å². The Morgan fingerprint density at radius 1 is 1.50 bits per heavy atom. The van der Waals surface area contributed by atoms with Crippen LogP contribution < -0.4 is 10.5 Å². The van der Waals surface area contributed by atoms with Crippen LogP contribution in [0.5, 0.6) is 5.75 Å². The third kappa shape index (κ3) is 3.95. The van der Waals surface area contributed by atoms with Gasteiger partial charge in [0.1, 0.15) is 18.5 Å². The van der Waals surface area contributed by atoms with Gasteiger partial charge in [-0.25, -0.2) is 0 Å². The van der Waals surface area contributed by atoms with E-state index in [1.165, 1.54) is 0 Å². The summed E-state index contributed by atoms with van der Waals surface area (Å²) in [6.07, 6.45) is 0.136. The van der Waals surface area contributed by atoms with Crippen molar-refractivity contribution in [2.45, 2.75) is 26.5 Å². The van der Waals surface area contributed by atoms with Crippen molar-refractivity contribution in [2.24, 2.45) is 5.73 Å². The third-order valence-corrected chi connectivity index (χ3v) is 4.08. The van der Waals surface area contributed by atoms with Gasteiger partial charge in [-0.15, -0.1) is 0 Å². The molecule has 0 spiro atoms. The maximum atomic E-state index is 5.99. The van der Waals surface area contributed by atoms with E-state index in [1.807, 2.05) is 13.0 Å². The number of nitrogens with zero attached hydrogens (tertiary/aromatic N) is 1. The minimum Gasteiger partial charge on any atom is -0.490 e. The van der Waals surface area contributed by atoms with Crippen LogP contribution in [-0.4, -0.2) is 43.9 Å². The van der Waals surface area contributed by atoms with Crippen LogP contribution in [0.3, 0.4) is 0 Å². The van der Waals surface area contributed by atoms with Crippen LogP contribution >= 0.6 is 15.9 Å². The average Bonchev–Trinajstić information content (AvgIpc) is 2.45. The molecule has 0 radical (unpaired) electrons. The predicted octanol–water partition coefficient (Wildman–Crippen LogP) is 2.32. The van der Waals surface area contributed by atoms with Crippen molar-refractivity contribution in [1.82, 2.24) is 4.90 Å². The second-order valence-corrected chi connectivity index (χ2v) is 6.03. The molecule has 1 heterocycles. The van der Waals surface area contributed by atoms with Gasteiger partial charge >= 0.3 is 0 Å². The lowest BCUT2D eigenvalue weighted by molar-refractivity contribution is -0.0466. The van der Waals surface area contributed by atoms with Crippen LogP contribution in [0.15, 0.2) is 16.6 Å². The minimum atomic E-state index is 0.136. The Morgan fingerprint density at radius 3 is 3.00 bits per heavy atom. The molecule has 1 atom stereocenters. The predicted molar refractivity (Wildman–Crippen MR) is 84.1 cm³/mol. The van der Waals surface area contributed by atoms with E-state index in [2.05, 4.69) is 33.8 Å². The molecule has 112 valence electrons. The molecule has 0 bridgehead atoms. The Morgan fingerprint density at radius 2 is 2.30 bits per heavy atom. The van der Waals surface area contributed by atoms with Crippen molar-refractivity contribution in [1.29, 1.82) is 0 Å². The van der Waals surface area contributed by atoms with Gasteiger partial charge in [0.15, 0.2) is 0 Å². The molecule has 2 N–H and O–H groups in total. The topological polar surface area (TPSA) is 47.7 Å². The summed E-state index contributed by atoms with van der Waals surface area (Å²) in [6.45, 7) is 9.06. The van der Waals surface area contributed by atoms with E-state index >= 15 is 0 Å². The number of halogens is 1. The van der Waals surface area contributed by atoms with Crippen molar-refractivity contribution in [3.8, 4) is 5.75 Å². The number of rotatable bonds is 5. The molecule has 4 nitrogen and oxygen atoms in total. The highest BCUT2D eigenvalue weighted by atomic mass is 79.9. The zero-order valence-corrected chi connectivity index (χ0v) is 13.8. The number of hydrogen-bond donors (Lipinski definition) is 1. The monoisotopic (exact) mass is 342 g/mol. The van der Waals surface area contributed by atoms with Crippen molar-refractivity contribution in [3.63, 3.8) is 0 Å². The highest BCUT2D eigenvalue weighted by molar-refractivity contribution is 9.10. The maximum Gasteiger partial charge on any atom is 0.126 e. The third-order valence-electron chi connectivity index (χ3n) is 3.62. The summed E-state index contributed by atoms with van der Waals surface area (Å²) in [6, 6.07) is 4.07. The van der Waals surface area contributed by atoms with E-state index in [0.717, 1.165) is 47.6 Å². The summed E-state index contributed by atoms with van der Waals surface area (Å²) in [7, 11) is 0. The molecule has 0 amide bonds.